The average Bonchev–Trinajstić information content (AvgIpc) is 2.27. The molecule has 1 aromatic rings. The van der Waals surface area contributed by atoms with Gasteiger partial charge in [-0.2, -0.15) is 0 Å². The van der Waals surface area contributed by atoms with E-state index in [2.05, 4.69) is 31.1 Å². The Balaban J connectivity index is 2.60. The Bertz CT molecular complexity index is 323. The van der Waals surface area contributed by atoms with Crippen LogP contribution in [0.2, 0.25) is 0 Å². The Hall–Kier alpha value is -1.09. The fourth-order valence-corrected chi connectivity index (χ4v) is 1.79. The third kappa shape index (κ3) is 3.81. The lowest BCUT2D eigenvalue weighted by Gasteiger charge is -2.26. The lowest BCUT2D eigenvalue weighted by molar-refractivity contribution is 0.346. The Morgan fingerprint density at radius 3 is 2.81 bits per heavy atom. The molecule has 0 amide bonds. The zero-order valence-corrected chi connectivity index (χ0v) is 10.7. The van der Waals surface area contributed by atoms with Gasteiger partial charge in [-0.15, -0.1) is 0 Å². The van der Waals surface area contributed by atoms with Crippen molar-refractivity contribution in [2.45, 2.75) is 45.7 Å². The Labute approximate surface area is 98.2 Å². The molecule has 0 atom stereocenters. The first kappa shape index (κ1) is 13.0. The van der Waals surface area contributed by atoms with Gasteiger partial charge in [0.2, 0.25) is 5.88 Å². The van der Waals surface area contributed by atoms with Crippen molar-refractivity contribution < 1.29 is 4.74 Å². The first-order valence-corrected chi connectivity index (χ1v) is 5.82. The van der Waals surface area contributed by atoms with Gasteiger partial charge in [-0.05, 0) is 26.3 Å². The molecule has 1 aromatic heterocycles. The number of nitrogens with zero attached hydrogens (tertiary/aromatic N) is 1. The summed E-state index contributed by atoms with van der Waals surface area (Å²) in [5, 5.41) is 3.53. The van der Waals surface area contributed by atoms with Gasteiger partial charge in [0.1, 0.15) is 0 Å². The van der Waals surface area contributed by atoms with E-state index < -0.39 is 0 Å². The van der Waals surface area contributed by atoms with Crippen molar-refractivity contribution in [2.75, 3.05) is 7.11 Å². The first-order valence-electron chi connectivity index (χ1n) is 5.82. The summed E-state index contributed by atoms with van der Waals surface area (Å²) in [4.78, 5) is 4.18. The van der Waals surface area contributed by atoms with Crippen molar-refractivity contribution in [3.05, 3.63) is 23.9 Å². The number of hydrogen-bond acceptors (Lipinski definition) is 3. The molecule has 0 aliphatic carbocycles. The van der Waals surface area contributed by atoms with Gasteiger partial charge in [0.15, 0.2) is 0 Å². The maximum absolute atomic E-state index is 5.22. The number of aromatic nitrogens is 1. The number of rotatable bonds is 6. The average molecular weight is 222 g/mol. The second kappa shape index (κ2) is 5.85. The van der Waals surface area contributed by atoms with E-state index in [0.717, 1.165) is 18.5 Å². The molecule has 0 bridgehead atoms. The zero-order chi connectivity index (χ0) is 12.0. The molecule has 0 aliphatic heterocycles. The molecule has 1 rings (SSSR count). The van der Waals surface area contributed by atoms with Crippen LogP contribution in [-0.2, 0) is 6.54 Å². The van der Waals surface area contributed by atoms with E-state index in [-0.39, 0.29) is 5.54 Å². The molecule has 16 heavy (non-hydrogen) atoms. The molecular weight excluding hydrogens is 200 g/mol. The van der Waals surface area contributed by atoms with Gasteiger partial charge in [-0.25, -0.2) is 4.98 Å². The highest BCUT2D eigenvalue weighted by Crippen LogP contribution is 2.16. The summed E-state index contributed by atoms with van der Waals surface area (Å²) in [5.41, 5.74) is 1.27. The third-order valence-corrected chi connectivity index (χ3v) is 2.68. The summed E-state index contributed by atoms with van der Waals surface area (Å²) in [6.45, 7) is 7.44. The van der Waals surface area contributed by atoms with Crippen molar-refractivity contribution >= 4 is 0 Å². The minimum Gasteiger partial charge on any atom is -0.481 e. The molecule has 1 heterocycles. The predicted octanol–water partition coefficient (Wildman–Crippen LogP) is 2.76. The molecular formula is C13H22N2O. The van der Waals surface area contributed by atoms with E-state index in [1.165, 1.54) is 6.42 Å². The normalized spacial score (nSPS) is 11.5. The van der Waals surface area contributed by atoms with E-state index in [9.17, 15) is 0 Å². The molecule has 0 unspecified atom stereocenters. The van der Waals surface area contributed by atoms with Crippen LogP contribution in [0.5, 0.6) is 5.88 Å². The van der Waals surface area contributed by atoms with Crippen molar-refractivity contribution in [3.8, 4) is 5.88 Å². The van der Waals surface area contributed by atoms with Gasteiger partial charge in [-0.1, -0.05) is 19.4 Å². The van der Waals surface area contributed by atoms with Crippen LogP contribution >= 0.6 is 0 Å². The predicted molar refractivity (Wildman–Crippen MR) is 66.6 cm³/mol. The maximum Gasteiger partial charge on any atom is 0.217 e. The van der Waals surface area contributed by atoms with Crippen LogP contribution in [0.1, 0.15) is 39.2 Å². The molecule has 0 spiro atoms. The highest BCUT2D eigenvalue weighted by atomic mass is 16.5. The van der Waals surface area contributed by atoms with E-state index >= 15 is 0 Å². The van der Waals surface area contributed by atoms with Crippen LogP contribution in [0.3, 0.4) is 0 Å². The molecule has 3 nitrogen and oxygen atoms in total. The van der Waals surface area contributed by atoms with E-state index in [0.29, 0.717) is 5.88 Å². The van der Waals surface area contributed by atoms with E-state index in [4.69, 9.17) is 4.74 Å². The topological polar surface area (TPSA) is 34.2 Å². The molecule has 0 aromatic carbocycles. The lowest BCUT2D eigenvalue weighted by Crippen LogP contribution is -2.38. The monoisotopic (exact) mass is 222 g/mol. The Kier molecular flexibility index (Phi) is 4.74. The highest BCUT2D eigenvalue weighted by molar-refractivity contribution is 5.25. The molecule has 1 N–H and O–H groups in total. The standard InChI is InChI=1S/C13H22N2O/c1-5-8-13(2,3)15-10-11-7-6-9-14-12(11)16-4/h6-7,9,15H,5,8,10H2,1-4H3. The Morgan fingerprint density at radius 2 is 2.19 bits per heavy atom. The molecule has 3 heteroatoms. The fraction of sp³-hybridized carbons (Fsp3) is 0.615. The second-order valence-electron chi connectivity index (χ2n) is 4.66. The van der Waals surface area contributed by atoms with Crippen LogP contribution in [0.15, 0.2) is 18.3 Å². The van der Waals surface area contributed by atoms with Crippen LogP contribution in [-0.4, -0.2) is 17.6 Å². The SMILES string of the molecule is CCCC(C)(C)NCc1cccnc1OC. The summed E-state index contributed by atoms with van der Waals surface area (Å²) in [7, 11) is 1.66. The van der Waals surface area contributed by atoms with Crippen LogP contribution < -0.4 is 10.1 Å². The minimum absolute atomic E-state index is 0.162. The molecule has 0 radical (unpaired) electrons. The minimum atomic E-state index is 0.162. The molecule has 0 saturated carbocycles. The Morgan fingerprint density at radius 1 is 1.44 bits per heavy atom. The van der Waals surface area contributed by atoms with Crippen molar-refractivity contribution in [1.82, 2.24) is 10.3 Å². The number of hydrogen-bond donors (Lipinski definition) is 1. The quantitative estimate of drug-likeness (QED) is 0.803. The van der Waals surface area contributed by atoms with Gasteiger partial charge < -0.3 is 10.1 Å². The molecule has 0 fully saturated rings. The maximum atomic E-state index is 5.22. The van der Waals surface area contributed by atoms with Gasteiger partial charge in [-0.3, -0.25) is 0 Å². The van der Waals surface area contributed by atoms with Gasteiger partial charge in [0.05, 0.1) is 7.11 Å². The van der Waals surface area contributed by atoms with Crippen molar-refractivity contribution in [2.24, 2.45) is 0 Å². The largest absolute Gasteiger partial charge is 0.481 e. The van der Waals surface area contributed by atoms with Gasteiger partial charge >= 0.3 is 0 Å². The first-order chi connectivity index (χ1) is 7.59. The van der Waals surface area contributed by atoms with Crippen LogP contribution in [0, 0.1) is 0 Å². The summed E-state index contributed by atoms with van der Waals surface area (Å²) in [5.74, 6) is 0.710. The molecule has 0 aliphatic rings. The summed E-state index contributed by atoms with van der Waals surface area (Å²) >= 11 is 0. The van der Waals surface area contributed by atoms with E-state index in [1.54, 1.807) is 13.3 Å². The third-order valence-electron chi connectivity index (χ3n) is 2.68. The highest BCUT2D eigenvalue weighted by Gasteiger charge is 2.16. The number of methoxy groups -OCH3 is 1. The number of nitrogens with one attached hydrogen (secondary N) is 1. The van der Waals surface area contributed by atoms with Crippen molar-refractivity contribution in [1.29, 1.82) is 0 Å². The fourth-order valence-electron chi connectivity index (χ4n) is 1.79. The van der Waals surface area contributed by atoms with E-state index in [1.807, 2.05) is 12.1 Å². The van der Waals surface area contributed by atoms with Crippen molar-refractivity contribution in [3.63, 3.8) is 0 Å². The second-order valence-corrected chi connectivity index (χ2v) is 4.66. The van der Waals surface area contributed by atoms with Gasteiger partial charge in [0.25, 0.3) is 0 Å². The number of ether oxygens (including phenoxy) is 1. The molecule has 0 saturated heterocycles. The summed E-state index contributed by atoms with van der Waals surface area (Å²) in [6.07, 6.45) is 4.10. The van der Waals surface area contributed by atoms with Crippen LogP contribution in [0.25, 0.3) is 0 Å². The van der Waals surface area contributed by atoms with Gasteiger partial charge in [0, 0.05) is 23.8 Å². The van der Waals surface area contributed by atoms with Crippen LogP contribution in [0.4, 0.5) is 0 Å². The number of pyridine rings is 1. The lowest BCUT2D eigenvalue weighted by atomic mass is 9.98. The molecule has 90 valence electrons. The summed E-state index contributed by atoms with van der Waals surface area (Å²) < 4.78 is 5.22. The summed E-state index contributed by atoms with van der Waals surface area (Å²) in [6, 6.07) is 3.98. The smallest absolute Gasteiger partial charge is 0.217 e. The zero-order valence-electron chi connectivity index (χ0n) is 10.7.